The molecule has 0 amide bonds. The molecule has 146 valence electrons. The molecule has 2 aromatic carbocycles. The Morgan fingerprint density at radius 3 is 2.30 bits per heavy atom. The van der Waals surface area contributed by atoms with Crippen molar-refractivity contribution in [3.63, 3.8) is 0 Å². The largest absolute Gasteiger partial charge is 0.327 e. The van der Waals surface area contributed by atoms with Gasteiger partial charge in [0.05, 0.1) is 9.82 Å². The lowest BCUT2D eigenvalue weighted by Gasteiger charge is -2.24. The summed E-state index contributed by atoms with van der Waals surface area (Å²) in [5.74, 6) is 0.345. The zero-order chi connectivity index (χ0) is 19.8. The molecule has 0 heterocycles. The van der Waals surface area contributed by atoms with E-state index >= 15 is 0 Å². The highest BCUT2D eigenvalue weighted by Crippen LogP contribution is 2.18. The third-order valence-corrected chi connectivity index (χ3v) is 5.62. The van der Waals surface area contributed by atoms with Crippen molar-refractivity contribution in [2.75, 3.05) is 13.1 Å². The van der Waals surface area contributed by atoms with E-state index in [1.807, 2.05) is 22.5 Å². The second kappa shape index (κ2) is 10.3. The van der Waals surface area contributed by atoms with Gasteiger partial charge in [0, 0.05) is 31.3 Å². The summed E-state index contributed by atoms with van der Waals surface area (Å²) in [5.41, 5.74) is 7.46. The number of hydrogen-bond acceptors (Lipinski definition) is 4. The summed E-state index contributed by atoms with van der Waals surface area (Å²) < 4.78 is 14.9. The number of nitro groups is 1. The van der Waals surface area contributed by atoms with Crippen LogP contribution >= 0.6 is 0 Å². The van der Waals surface area contributed by atoms with Crippen molar-refractivity contribution in [3.05, 3.63) is 70.3 Å². The molecule has 0 aliphatic rings. The smallest absolute Gasteiger partial charge is 0.269 e. The molecular weight excluding hydrogens is 362 g/mol. The molecule has 0 radical (unpaired) electrons. The molecule has 0 fully saturated rings. The molecule has 2 N–H and O–H groups in total. The molecule has 6 nitrogen and oxygen atoms in total. The molecule has 7 heteroatoms. The average molecular weight is 390 g/mol. The highest BCUT2D eigenvalue weighted by Gasteiger charge is 2.19. The Morgan fingerprint density at radius 1 is 1.11 bits per heavy atom. The topological polar surface area (TPSA) is 89.5 Å². The Balaban J connectivity index is 2.00. The Bertz CT molecular complexity index is 751. The second-order valence-corrected chi connectivity index (χ2v) is 8.51. The lowest BCUT2D eigenvalue weighted by molar-refractivity contribution is -0.384. The number of nitro benzene ring substituents is 1. The Labute approximate surface area is 163 Å². The van der Waals surface area contributed by atoms with Crippen molar-refractivity contribution in [2.45, 2.75) is 37.6 Å². The lowest BCUT2D eigenvalue weighted by Crippen LogP contribution is -2.35. The van der Waals surface area contributed by atoms with Gasteiger partial charge < -0.3 is 5.73 Å². The van der Waals surface area contributed by atoms with E-state index in [0.29, 0.717) is 23.9 Å². The molecule has 0 aliphatic heterocycles. The van der Waals surface area contributed by atoms with Crippen LogP contribution in [0.15, 0.2) is 59.5 Å². The molecule has 0 aliphatic carbocycles. The van der Waals surface area contributed by atoms with Crippen molar-refractivity contribution < 1.29 is 9.13 Å². The molecule has 2 atom stereocenters. The van der Waals surface area contributed by atoms with Crippen molar-refractivity contribution in [2.24, 2.45) is 11.7 Å². The van der Waals surface area contributed by atoms with Gasteiger partial charge in [-0.1, -0.05) is 44.2 Å². The van der Waals surface area contributed by atoms with E-state index < -0.39 is 15.9 Å². The first-order valence-corrected chi connectivity index (χ1v) is 10.2. The van der Waals surface area contributed by atoms with Gasteiger partial charge in [-0.15, -0.1) is 0 Å². The molecule has 0 spiro atoms. The lowest BCUT2D eigenvalue weighted by atomic mass is 10.0. The molecule has 0 saturated carbocycles. The number of non-ortho nitro benzene ring substituents is 1. The summed E-state index contributed by atoms with van der Waals surface area (Å²) in [4.78, 5) is 10.9. The van der Waals surface area contributed by atoms with Crippen LogP contribution in [0.1, 0.15) is 25.8 Å². The van der Waals surface area contributed by atoms with Crippen LogP contribution in [0.4, 0.5) is 5.69 Å². The third-order valence-electron chi connectivity index (χ3n) is 4.14. The van der Waals surface area contributed by atoms with Crippen LogP contribution in [0.25, 0.3) is 0 Å². The van der Waals surface area contributed by atoms with E-state index in [1.54, 1.807) is 12.1 Å². The van der Waals surface area contributed by atoms with E-state index in [9.17, 15) is 14.3 Å². The highest BCUT2D eigenvalue weighted by molar-refractivity contribution is 7.82. The van der Waals surface area contributed by atoms with Crippen LogP contribution in [-0.2, 0) is 17.4 Å². The van der Waals surface area contributed by atoms with Crippen LogP contribution < -0.4 is 5.73 Å². The van der Waals surface area contributed by atoms with E-state index in [4.69, 9.17) is 5.73 Å². The van der Waals surface area contributed by atoms with Gasteiger partial charge >= 0.3 is 0 Å². The molecule has 27 heavy (non-hydrogen) atoms. The van der Waals surface area contributed by atoms with E-state index in [2.05, 4.69) is 26.0 Å². The van der Waals surface area contributed by atoms with Crippen molar-refractivity contribution >= 4 is 16.7 Å². The number of hydrogen-bond donors (Lipinski definition) is 1. The fourth-order valence-electron chi connectivity index (χ4n) is 2.81. The van der Waals surface area contributed by atoms with Gasteiger partial charge in [0.15, 0.2) is 0 Å². The van der Waals surface area contributed by atoms with Gasteiger partial charge in [-0.3, -0.25) is 10.1 Å². The van der Waals surface area contributed by atoms with Crippen LogP contribution in [0, 0.1) is 16.0 Å². The van der Waals surface area contributed by atoms with Crippen molar-refractivity contribution in [1.82, 2.24) is 4.31 Å². The first-order valence-electron chi connectivity index (χ1n) is 9.07. The van der Waals surface area contributed by atoms with E-state index in [-0.39, 0.29) is 11.7 Å². The zero-order valence-corrected chi connectivity index (χ0v) is 16.6. The fourth-order valence-corrected chi connectivity index (χ4v) is 4.18. The quantitative estimate of drug-likeness (QED) is 0.497. The average Bonchev–Trinajstić information content (AvgIpc) is 2.65. The van der Waals surface area contributed by atoms with Gasteiger partial charge in [-0.2, -0.15) is 0 Å². The minimum Gasteiger partial charge on any atom is -0.327 e. The molecule has 0 saturated heterocycles. The zero-order valence-electron chi connectivity index (χ0n) is 15.8. The van der Waals surface area contributed by atoms with Crippen LogP contribution in [0.3, 0.4) is 0 Å². The van der Waals surface area contributed by atoms with Crippen molar-refractivity contribution in [3.8, 4) is 0 Å². The molecule has 2 aromatic rings. The third kappa shape index (κ3) is 6.86. The summed E-state index contributed by atoms with van der Waals surface area (Å²) in [6, 6.07) is 16.0. The number of nitrogens with two attached hydrogens (primary N) is 1. The van der Waals surface area contributed by atoms with Gasteiger partial charge in [0.25, 0.3) is 5.69 Å². The minimum absolute atomic E-state index is 0.00366. The predicted molar refractivity (Wildman–Crippen MR) is 109 cm³/mol. The first-order chi connectivity index (χ1) is 12.9. The normalized spacial score (nSPS) is 13.7. The first kappa shape index (κ1) is 21.2. The summed E-state index contributed by atoms with van der Waals surface area (Å²) in [6.45, 7) is 5.42. The van der Waals surface area contributed by atoms with E-state index in [1.165, 1.54) is 17.7 Å². The van der Waals surface area contributed by atoms with E-state index in [0.717, 1.165) is 12.8 Å². The Hall–Kier alpha value is -2.09. The van der Waals surface area contributed by atoms with Crippen LogP contribution in [-0.4, -0.2) is 32.6 Å². The maximum atomic E-state index is 13.0. The summed E-state index contributed by atoms with van der Waals surface area (Å²) in [7, 11) is -1.37. The van der Waals surface area contributed by atoms with Crippen molar-refractivity contribution in [1.29, 1.82) is 0 Å². The highest BCUT2D eigenvalue weighted by atomic mass is 32.2. The standard InChI is InChI=1S/C20H27N3O3S/c1-16(2)15-22(13-12-18(21)14-17-6-4-3-5-7-17)27(26)20-10-8-19(9-11-20)23(24)25/h3-11,16,18H,12-15,21H2,1-2H3. The molecule has 2 unspecified atom stereocenters. The van der Waals surface area contributed by atoms with Crippen LogP contribution in [0.5, 0.6) is 0 Å². The molecule has 0 bridgehead atoms. The maximum absolute atomic E-state index is 13.0. The maximum Gasteiger partial charge on any atom is 0.269 e. The summed E-state index contributed by atoms with van der Waals surface area (Å²) >= 11 is 0. The summed E-state index contributed by atoms with van der Waals surface area (Å²) in [6.07, 6.45) is 1.50. The number of nitrogens with zero attached hydrogens (tertiary/aromatic N) is 2. The van der Waals surface area contributed by atoms with Gasteiger partial charge in [0.2, 0.25) is 0 Å². The minimum atomic E-state index is -1.37. The van der Waals surface area contributed by atoms with Gasteiger partial charge in [-0.25, -0.2) is 8.51 Å². The molecule has 2 rings (SSSR count). The number of benzene rings is 2. The monoisotopic (exact) mass is 389 g/mol. The molecule has 0 aromatic heterocycles. The summed E-state index contributed by atoms with van der Waals surface area (Å²) in [5, 5.41) is 10.8. The SMILES string of the molecule is CC(C)CN(CCC(N)Cc1ccccc1)S(=O)c1ccc([N+](=O)[O-])cc1. The Kier molecular flexibility index (Phi) is 8.09. The second-order valence-electron chi connectivity index (χ2n) is 7.02. The predicted octanol–water partition coefficient (Wildman–Crippen LogP) is 3.54. The Morgan fingerprint density at radius 2 is 1.74 bits per heavy atom. The number of rotatable bonds is 10. The van der Waals surface area contributed by atoms with Crippen LogP contribution in [0.2, 0.25) is 0 Å². The van der Waals surface area contributed by atoms with Gasteiger partial charge in [0.1, 0.15) is 11.0 Å². The fraction of sp³-hybridized carbons (Fsp3) is 0.400. The van der Waals surface area contributed by atoms with Gasteiger partial charge in [-0.05, 0) is 36.5 Å². The molecular formula is C20H27N3O3S.